The fourth-order valence-corrected chi connectivity index (χ4v) is 0. The molecule has 0 fully saturated rings. The molecule has 0 aliphatic rings. The Morgan fingerprint density at radius 1 is 1.50 bits per heavy atom. The van der Waals surface area contributed by atoms with Gasteiger partial charge in [-0.1, -0.05) is 0 Å². The Kier molecular flexibility index (Phi) is 1.24. The molecule has 0 amide bonds. The lowest BCUT2D eigenvalue weighted by Gasteiger charge is -2.07. The standard InChI is InChI=1S/C2H7N2/c1-4(2)3/h3H,1-2H3/q-1. The Hall–Kier alpha value is -0.0800. The molecule has 0 radical (unpaired) electrons. The molecule has 2 heteroatoms. The minimum Gasteiger partial charge on any atom is -0.610 e. The van der Waals surface area contributed by atoms with E-state index in [2.05, 4.69) is 0 Å². The maximum atomic E-state index is 6.42. The molecular weight excluding hydrogens is 52.0 g/mol. The van der Waals surface area contributed by atoms with Crippen LogP contribution in [0.3, 0.4) is 0 Å². The summed E-state index contributed by atoms with van der Waals surface area (Å²) >= 11 is 0. The van der Waals surface area contributed by atoms with Crippen molar-refractivity contribution in [1.29, 1.82) is 0 Å². The molecule has 4 heavy (non-hydrogen) atoms. The van der Waals surface area contributed by atoms with Crippen molar-refractivity contribution < 1.29 is 0 Å². The van der Waals surface area contributed by atoms with Gasteiger partial charge in [-0.05, 0) is 14.1 Å². The van der Waals surface area contributed by atoms with Gasteiger partial charge in [-0.3, -0.25) is 0 Å². The summed E-state index contributed by atoms with van der Waals surface area (Å²) in [5, 5.41) is 1.25. The van der Waals surface area contributed by atoms with Crippen LogP contribution in [0.4, 0.5) is 0 Å². The first kappa shape index (κ1) is 3.92. The third kappa shape index (κ3) is 254. The molecule has 2 nitrogen and oxygen atoms in total. The molecule has 0 unspecified atom stereocenters. The lowest BCUT2D eigenvalue weighted by Crippen LogP contribution is -1.93. The van der Waals surface area contributed by atoms with Crippen molar-refractivity contribution in [1.82, 2.24) is 5.01 Å². The Bertz CT molecular complexity index is 8.75. The van der Waals surface area contributed by atoms with Crippen molar-refractivity contribution >= 4 is 0 Å². The van der Waals surface area contributed by atoms with Gasteiger partial charge in [-0.25, -0.2) is 0 Å². The second-order valence-corrected chi connectivity index (χ2v) is 0.894. The molecule has 1 N–H and O–H groups in total. The minimum absolute atomic E-state index is 1.25. The number of rotatable bonds is 0. The smallest absolute Gasteiger partial charge is 0.0321 e. The first-order valence-corrected chi connectivity index (χ1v) is 1.12. The lowest BCUT2D eigenvalue weighted by atomic mass is 11.2. The van der Waals surface area contributed by atoms with Crippen LogP contribution in [0.15, 0.2) is 0 Å². The average Bonchev–Trinajstić information content (AvgIpc) is 0.811. The van der Waals surface area contributed by atoms with Crippen molar-refractivity contribution in [2.45, 2.75) is 0 Å². The fraction of sp³-hybridized carbons (Fsp3) is 1.00. The molecule has 0 aromatic rings. The largest absolute Gasteiger partial charge is 0.610 e. The quantitative estimate of drug-likeness (QED) is 0.373. The summed E-state index contributed by atoms with van der Waals surface area (Å²) in [6.45, 7) is 0. The number of hydrogen-bond donors (Lipinski definition) is 0. The summed E-state index contributed by atoms with van der Waals surface area (Å²) in [4.78, 5) is 0. The summed E-state index contributed by atoms with van der Waals surface area (Å²) < 4.78 is 0. The van der Waals surface area contributed by atoms with Crippen LogP contribution >= 0.6 is 0 Å². The van der Waals surface area contributed by atoms with E-state index in [1.54, 1.807) is 14.1 Å². The summed E-state index contributed by atoms with van der Waals surface area (Å²) in [6, 6.07) is 0. The third-order valence-electron chi connectivity index (χ3n) is 0. The van der Waals surface area contributed by atoms with E-state index in [-0.39, 0.29) is 0 Å². The van der Waals surface area contributed by atoms with E-state index in [1.165, 1.54) is 5.01 Å². The highest BCUT2D eigenvalue weighted by molar-refractivity contribution is 4.27. The van der Waals surface area contributed by atoms with E-state index in [9.17, 15) is 0 Å². The highest BCUT2D eigenvalue weighted by atomic mass is 15.4. The molecule has 0 saturated heterocycles. The van der Waals surface area contributed by atoms with E-state index in [1.807, 2.05) is 0 Å². The van der Waals surface area contributed by atoms with Gasteiger partial charge in [-0.2, -0.15) is 0 Å². The third-order valence-corrected chi connectivity index (χ3v) is 0. The van der Waals surface area contributed by atoms with E-state index in [4.69, 9.17) is 5.84 Å². The number of nitrogens with zero attached hydrogens (tertiary/aromatic N) is 1. The predicted molar refractivity (Wildman–Crippen MR) is 18.0 cm³/mol. The molecule has 0 aliphatic carbocycles. The Labute approximate surface area is 26.2 Å². The van der Waals surface area contributed by atoms with Gasteiger partial charge in [0, 0.05) is 0 Å². The Morgan fingerprint density at radius 2 is 1.50 bits per heavy atom. The van der Waals surface area contributed by atoms with Crippen LogP contribution in [0.25, 0.3) is 5.84 Å². The Balaban J connectivity index is 2.32. The summed E-state index contributed by atoms with van der Waals surface area (Å²) in [7, 11) is 3.33. The summed E-state index contributed by atoms with van der Waals surface area (Å²) in [5.74, 6) is 6.42. The monoisotopic (exact) mass is 59.1 g/mol. The topological polar surface area (TPSA) is 27.0 Å². The van der Waals surface area contributed by atoms with Gasteiger partial charge in [-0.15, -0.1) is 0 Å². The van der Waals surface area contributed by atoms with Gasteiger partial charge in [0.25, 0.3) is 0 Å². The van der Waals surface area contributed by atoms with E-state index in [0.29, 0.717) is 0 Å². The fourth-order valence-electron chi connectivity index (χ4n) is 0. The zero-order chi connectivity index (χ0) is 3.58. The van der Waals surface area contributed by atoms with Gasteiger partial charge >= 0.3 is 0 Å². The lowest BCUT2D eigenvalue weighted by molar-refractivity contribution is 0.567. The Morgan fingerprint density at radius 3 is 1.50 bits per heavy atom. The zero-order valence-corrected chi connectivity index (χ0v) is 2.95. The molecule has 0 heterocycles. The number of nitrogens with one attached hydrogen (secondary N) is 1. The molecule has 0 aromatic carbocycles. The van der Waals surface area contributed by atoms with Crippen LogP contribution in [-0.4, -0.2) is 19.1 Å². The van der Waals surface area contributed by atoms with Crippen molar-refractivity contribution in [2.75, 3.05) is 14.1 Å². The highest BCUT2D eigenvalue weighted by Crippen LogP contribution is 1.58. The molecular formula is C2H7N2-. The first-order chi connectivity index (χ1) is 1.73. The molecule has 0 atom stereocenters. The van der Waals surface area contributed by atoms with Gasteiger partial charge in [0.2, 0.25) is 0 Å². The van der Waals surface area contributed by atoms with Gasteiger partial charge < -0.3 is 10.9 Å². The normalized spacial score (nSPS) is 9.00. The van der Waals surface area contributed by atoms with Crippen molar-refractivity contribution in [3.8, 4) is 0 Å². The van der Waals surface area contributed by atoms with Crippen LogP contribution in [-0.2, 0) is 0 Å². The highest BCUT2D eigenvalue weighted by Gasteiger charge is 1.44. The molecule has 0 saturated carbocycles. The van der Waals surface area contributed by atoms with Crippen LogP contribution in [0.1, 0.15) is 0 Å². The minimum atomic E-state index is 1.25. The first-order valence-electron chi connectivity index (χ1n) is 1.12. The maximum Gasteiger partial charge on any atom is -0.0321 e. The van der Waals surface area contributed by atoms with Crippen molar-refractivity contribution in [2.24, 2.45) is 0 Å². The van der Waals surface area contributed by atoms with Crippen LogP contribution < -0.4 is 0 Å². The van der Waals surface area contributed by atoms with Gasteiger partial charge in [0.15, 0.2) is 0 Å². The summed E-state index contributed by atoms with van der Waals surface area (Å²) in [5.41, 5.74) is 0. The second kappa shape index (κ2) is 1.26. The molecule has 0 rings (SSSR count). The number of hydrogen-bond acceptors (Lipinski definition) is 1. The van der Waals surface area contributed by atoms with Crippen molar-refractivity contribution in [3.63, 3.8) is 0 Å². The average molecular weight is 59.1 g/mol. The van der Waals surface area contributed by atoms with Crippen LogP contribution in [0.5, 0.6) is 0 Å². The molecule has 0 aliphatic heterocycles. The maximum absolute atomic E-state index is 6.42. The van der Waals surface area contributed by atoms with E-state index < -0.39 is 0 Å². The molecule has 26 valence electrons. The van der Waals surface area contributed by atoms with E-state index >= 15 is 0 Å². The molecule has 0 spiro atoms. The van der Waals surface area contributed by atoms with E-state index in [0.717, 1.165) is 0 Å². The van der Waals surface area contributed by atoms with Crippen LogP contribution in [0, 0.1) is 0 Å². The summed E-state index contributed by atoms with van der Waals surface area (Å²) in [6.07, 6.45) is 0. The molecule has 0 aromatic heterocycles. The second-order valence-electron chi connectivity index (χ2n) is 0.894. The van der Waals surface area contributed by atoms with Gasteiger partial charge in [0.05, 0.1) is 0 Å². The molecule has 0 bridgehead atoms. The predicted octanol–water partition coefficient (Wildman–Crippen LogP) is 0.515. The van der Waals surface area contributed by atoms with Crippen LogP contribution in [0.2, 0.25) is 0 Å². The van der Waals surface area contributed by atoms with Gasteiger partial charge in [0.1, 0.15) is 0 Å². The SMILES string of the molecule is CN(C)[NH-]. The van der Waals surface area contributed by atoms with Crippen molar-refractivity contribution in [3.05, 3.63) is 5.84 Å². The zero-order valence-electron chi connectivity index (χ0n) is 2.95.